The van der Waals surface area contributed by atoms with Crippen molar-refractivity contribution < 1.29 is 20.1 Å². The molecule has 0 heterocycles. The third-order valence-corrected chi connectivity index (χ3v) is 0.907. The van der Waals surface area contributed by atoms with Crippen LogP contribution in [-0.4, -0.2) is 40.9 Å². The Hall–Kier alpha value is -0.160. The molecule has 0 fully saturated rings. The van der Waals surface area contributed by atoms with Gasteiger partial charge in [-0.25, -0.2) is 0 Å². The van der Waals surface area contributed by atoms with Gasteiger partial charge in [-0.05, 0) is 6.92 Å². The highest BCUT2D eigenvalue weighted by atomic mass is 16.6. The molecule has 4 nitrogen and oxygen atoms in total. The van der Waals surface area contributed by atoms with Crippen molar-refractivity contribution in [1.29, 1.82) is 0 Å². The molecule has 3 N–H and O–H groups in total. The third kappa shape index (κ3) is 2.76. The van der Waals surface area contributed by atoms with Crippen molar-refractivity contribution >= 4 is 0 Å². The molecule has 0 aliphatic carbocycles. The minimum Gasteiger partial charge on any atom is -0.391 e. The van der Waals surface area contributed by atoms with Gasteiger partial charge in [0.05, 0.1) is 13.2 Å². The monoisotopic (exact) mass is 136 g/mol. The summed E-state index contributed by atoms with van der Waals surface area (Å²) in [5, 5.41) is 25.7. The van der Waals surface area contributed by atoms with Gasteiger partial charge < -0.3 is 20.1 Å². The first kappa shape index (κ1) is 8.84. The van der Waals surface area contributed by atoms with Crippen LogP contribution >= 0.6 is 0 Å². The molecule has 0 atom stereocenters. The Kier molecular flexibility index (Phi) is 3.72. The van der Waals surface area contributed by atoms with Crippen LogP contribution in [0.5, 0.6) is 0 Å². The highest BCUT2D eigenvalue weighted by Gasteiger charge is 2.24. The molecule has 0 radical (unpaired) electrons. The normalized spacial score (nSPS) is 12.0. The van der Waals surface area contributed by atoms with Crippen LogP contribution in [0.2, 0.25) is 0 Å². The summed E-state index contributed by atoms with van der Waals surface area (Å²) in [5.74, 6) is -1.76. The van der Waals surface area contributed by atoms with Gasteiger partial charge in [-0.1, -0.05) is 0 Å². The van der Waals surface area contributed by atoms with Gasteiger partial charge in [-0.3, -0.25) is 0 Å². The molecule has 0 spiro atoms. The van der Waals surface area contributed by atoms with Crippen LogP contribution in [0.3, 0.4) is 0 Å². The first-order chi connectivity index (χ1) is 4.18. The molecule has 0 aliphatic heterocycles. The molecular weight excluding hydrogens is 124 g/mol. The Bertz CT molecular complexity index is 69.4. The summed E-state index contributed by atoms with van der Waals surface area (Å²) in [7, 11) is 0. The molecule has 0 aliphatic rings. The summed E-state index contributed by atoms with van der Waals surface area (Å²) in [5.41, 5.74) is 0. The zero-order chi connectivity index (χ0) is 7.33. The molecule has 0 bridgehead atoms. The van der Waals surface area contributed by atoms with E-state index in [0.717, 1.165) is 0 Å². The predicted molar refractivity (Wildman–Crippen MR) is 30.7 cm³/mol. The fourth-order valence-electron chi connectivity index (χ4n) is 0.410. The van der Waals surface area contributed by atoms with Crippen LogP contribution in [0.15, 0.2) is 0 Å². The van der Waals surface area contributed by atoms with Crippen molar-refractivity contribution in [1.82, 2.24) is 0 Å². The van der Waals surface area contributed by atoms with Gasteiger partial charge in [-0.15, -0.1) is 0 Å². The largest absolute Gasteiger partial charge is 0.391 e. The van der Waals surface area contributed by atoms with Crippen LogP contribution < -0.4 is 0 Å². The lowest BCUT2D eigenvalue weighted by Gasteiger charge is -2.22. The summed E-state index contributed by atoms with van der Waals surface area (Å²) in [6.07, 6.45) is 0. The highest BCUT2D eigenvalue weighted by molar-refractivity contribution is 4.61. The van der Waals surface area contributed by atoms with Crippen molar-refractivity contribution in [3.8, 4) is 0 Å². The van der Waals surface area contributed by atoms with Gasteiger partial charge in [0.15, 0.2) is 0 Å². The molecule has 9 heavy (non-hydrogen) atoms. The average molecular weight is 136 g/mol. The minimum atomic E-state index is -1.76. The van der Waals surface area contributed by atoms with Crippen LogP contribution in [0, 0.1) is 0 Å². The van der Waals surface area contributed by atoms with Crippen LogP contribution in [0.1, 0.15) is 6.92 Å². The average Bonchev–Trinajstić information content (AvgIpc) is 1.89. The van der Waals surface area contributed by atoms with E-state index < -0.39 is 19.0 Å². The van der Waals surface area contributed by atoms with Crippen molar-refractivity contribution in [3.05, 3.63) is 0 Å². The van der Waals surface area contributed by atoms with E-state index in [0.29, 0.717) is 0 Å². The Balaban J connectivity index is 3.62. The standard InChI is InChI=1S/C5H12O4/c1-2-9-5(8,3-6)4-7/h6-8H,2-4H2,1H3. The summed E-state index contributed by atoms with van der Waals surface area (Å²) in [6.45, 7) is 0.753. The summed E-state index contributed by atoms with van der Waals surface area (Å²) in [4.78, 5) is 0. The third-order valence-electron chi connectivity index (χ3n) is 0.907. The predicted octanol–water partition coefficient (Wildman–Crippen LogP) is -1.30. The second kappa shape index (κ2) is 3.79. The van der Waals surface area contributed by atoms with Gasteiger partial charge in [0.25, 0.3) is 0 Å². The Morgan fingerprint density at radius 2 is 1.78 bits per heavy atom. The molecule has 0 amide bonds. The van der Waals surface area contributed by atoms with Crippen LogP contribution in [-0.2, 0) is 4.74 Å². The van der Waals surface area contributed by atoms with E-state index in [-0.39, 0.29) is 6.61 Å². The summed E-state index contributed by atoms with van der Waals surface area (Å²) in [6, 6.07) is 0. The van der Waals surface area contributed by atoms with E-state index in [4.69, 9.17) is 15.3 Å². The smallest absolute Gasteiger partial charge is 0.212 e. The van der Waals surface area contributed by atoms with E-state index in [2.05, 4.69) is 4.74 Å². The number of aliphatic hydroxyl groups excluding tert-OH is 2. The lowest BCUT2D eigenvalue weighted by molar-refractivity contribution is -0.239. The fourth-order valence-corrected chi connectivity index (χ4v) is 0.410. The van der Waals surface area contributed by atoms with Gasteiger partial charge in [-0.2, -0.15) is 0 Å². The highest BCUT2D eigenvalue weighted by Crippen LogP contribution is 2.02. The van der Waals surface area contributed by atoms with E-state index in [1.54, 1.807) is 6.92 Å². The Morgan fingerprint density at radius 1 is 1.33 bits per heavy atom. The fraction of sp³-hybridized carbons (Fsp3) is 1.00. The minimum absolute atomic E-state index is 0.262. The second-order valence-electron chi connectivity index (χ2n) is 1.70. The van der Waals surface area contributed by atoms with E-state index in [9.17, 15) is 0 Å². The van der Waals surface area contributed by atoms with Crippen LogP contribution in [0.4, 0.5) is 0 Å². The Labute approximate surface area is 53.7 Å². The van der Waals surface area contributed by atoms with Crippen molar-refractivity contribution in [3.63, 3.8) is 0 Å². The number of rotatable bonds is 4. The lowest BCUT2D eigenvalue weighted by Crippen LogP contribution is -2.40. The topological polar surface area (TPSA) is 69.9 Å². The van der Waals surface area contributed by atoms with E-state index >= 15 is 0 Å². The van der Waals surface area contributed by atoms with E-state index in [1.807, 2.05) is 0 Å². The number of aliphatic hydroxyl groups is 3. The molecule has 4 heteroatoms. The molecule has 0 saturated carbocycles. The molecule has 0 unspecified atom stereocenters. The molecule has 56 valence electrons. The maximum absolute atomic E-state index is 8.91. The molecule has 0 aromatic carbocycles. The maximum Gasteiger partial charge on any atom is 0.212 e. The second-order valence-corrected chi connectivity index (χ2v) is 1.70. The van der Waals surface area contributed by atoms with Gasteiger partial charge in [0.2, 0.25) is 5.79 Å². The summed E-state index contributed by atoms with van der Waals surface area (Å²) < 4.78 is 4.58. The number of hydrogen-bond donors (Lipinski definition) is 3. The van der Waals surface area contributed by atoms with E-state index in [1.165, 1.54) is 0 Å². The molecule has 0 saturated heterocycles. The molecule has 0 aromatic rings. The molecule has 0 aromatic heterocycles. The Morgan fingerprint density at radius 3 is 1.89 bits per heavy atom. The van der Waals surface area contributed by atoms with Crippen LogP contribution in [0.25, 0.3) is 0 Å². The zero-order valence-electron chi connectivity index (χ0n) is 5.37. The lowest BCUT2D eigenvalue weighted by atomic mass is 10.3. The molecular formula is C5H12O4. The van der Waals surface area contributed by atoms with Crippen molar-refractivity contribution in [2.75, 3.05) is 19.8 Å². The van der Waals surface area contributed by atoms with Crippen molar-refractivity contribution in [2.45, 2.75) is 12.7 Å². The first-order valence-corrected chi connectivity index (χ1v) is 2.76. The molecule has 0 rings (SSSR count). The zero-order valence-corrected chi connectivity index (χ0v) is 5.37. The maximum atomic E-state index is 8.91. The number of ether oxygens (including phenoxy) is 1. The first-order valence-electron chi connectivity index (χ1n) is 2.76. The van der Waals surface area contributed by atoms with Gasteiger partial charge in [0.1, 0.15) is 0 Å². The SMILES string of the molecule is CCOC(O)(CO)CO. The van der Waals surface area contributed by atoms with Gasteiger partial charge >= 0.3 is 0 Å². The quantitative estimate of drug-likeness (QED) is 0.420. The summed E-state index contributed by atoms with van der Waals surface area (Å²) >= 11 is 0. The van der Waals surface area contributed by atoms with Crippen molar-refractivity contribution in [2.24, 2.45) is 0 Å². The number of hydrogen-bond acceptors (Lipinski definition) is 4. The van der Waals surface area contributed by atoms with Gasteiger partial charge in [0, 0.05) is 6.61 Å².